The van der Waals surface area contributed by atoms with Crippen molar-refractivity contribution in [3.63, 3.8) is 0 Å². The number of aromatic nitrogens is 2. The molecule has 1 aliphatic rings. The summed E-state index contributed by atoms with van der Waals surface area (Å²) in [6, 6.07) is 10.5. The Bertz CT molecular complexity index is 1330. The minimum atomic E-state index is -0.740. The van der Waals surface area contributed by atoms with Gasteiger partial charge < -0.3 is 20.1 Å². The van der Waals surface area contributed by atoms with Crippen molar-refractivity contribution in [2.75, 3.05) is 13.1 Å². The molecule has 4 rings (SSSR count). The summed E-state index contributed by atoms with van der Waals surface area (Å²) in [4.78, 5) is 31.3. The molecule has 2 N–H and O–H groups in total. The van der Waals surface area contributed by atoms with Crippen LogP contribution in [0.2, 0.25) is 0 Å². The highest BCUT2D eigenvalue weighted by molar-refractivity contribution is 9.10. The molecule has 0 radical (unpaired) electrons. The topological polar surface area (TPSA) is 96.7 Å². The first kappa shape index (κ1) is 26.7. The maximum absolute atomic E-state index is 13.9. The molecule has 0 aliphatic carbocycles. The Morgan fingerprint density at radius 1 is 1.16 bits per heavy atom. The molecule has 1 aliphatic heterocycles. The number of amides is 2. The van der Waals surface area contributed by atoms with Crippen LogP contribution >= 0.6 is 15.9 Å². The van der Waals surface area contributed by atoms with E-state index in [1.807, 2.05) is 24.3 Å². The Kier molecular flexibility index (Phi) is 8.55. The first-order chi connectivity index (χ1) is 17.7. The fraction of sp³-hybridized carbons (Fsp3) is 0.346. The van der Waals surface area contributed by atoms with Crippen molar-refractivity contribution < 1.29 is 23.4 Å². The average Bonchev–Trinajstić information content (AvgIpc) is 2.88. The molecule has 2 aromatic carbocycles. The molecule has 0 atom stereocenters. The van der Waals surface area contributed by atoms with Crippen molar-refractivity contribution in [2.24, 2.45) is 0 Å². The van der Waals surface area contributed by atoms with Gasteiger partial charge in [-0.3, -0.25) is 9.36 Å². The van der Waals surface area contributed by atoms with E-state index in [4.69, 9.17) is 4.74 Å². The van der Waals surface area contributed by atoms with Gasteiger partial charge >= 0.3 is 6.03 Å². The van der Waals surface area contributed by atoms with Gasteiger partial charge in [0.15, 0.2) is 0 Å². The van der Waals surface area contributed by atoms with Crippen LogP contribution in [0.1, 0.15) is 35.4 Å². The molecule has 2 heterocycles. The zero-order valence-electron chi connectivity index (χ0n) is 20.2. The van der Waals surface area contributed by atoms with E-state index in [9.17, 15) is 23.5 Å². The lowest BCUT2D eigenvalue weighted by molar-refractivity contribution is 0.0936. The summed E-state index contributed by atoms with van der Waals surface area (Å²) in [5.41, 5.74) is 1.56. The normalized spacial score (nSPS) is 14.0. The van der Waals surface area contributed by atoms with E-state index in [1.165, 1.54) is 10.6 Å². The maximum atomic E-state index is 13.9. The number of carbonyl (C=O) groups is 1. The summed E-state index contributed by atoms with van der Waals surface area (Å²) >= 11 is 3.23. The molecule has 8 nitrogen and oxygen atoms in total. The highest BCUT2D eigenvalue weighted by Crippen LogP contribution is 2.21. The number of rotatable bonds is 7. The van der Waals surface area contributed by atoms with E-state index in [0.29, 0.717) is 38.3 Å². The molecule has 1 saturated heterocycles. The number of halogens is 3. The first-order valence-electron chi connectivity index (χ1n) is 11.8. The second kappa shape index (κ2) is 11.8. The third-order valence-electron chi connectivity index (χ3n) is 6.21. The number of carbonyl (C=O) groups excluding carboxylic acids is 1. The Morgan fingerprint density at radius 3 is 2.51 bits per heavy atom. The molecule has 2 amide bonds. The molecule has 1 fully saturated rings. The number of piperidine rings is 1. The van der Waals surface area contributed by atoms with Crippen molar-refractivity contribution >= 4 is 22.0 Å². The predicted molar refractivity (Wildman–Crippen MR) is 136 cm³/mol. The standard InChI is InChI=1S/C26H27BrF2N4O4/c1-16-31-24(37-15-19-6-7-20(28)12-22(19)29)23(27)25(35)33(16)14-18-4-2-17(3-5-18)13-30-26(36)32-10-8-21(34)9-11-32/h2-7,12,21,34H,8-11,13-15H2,1H3,(H,30,36). The van der Waals surface area contributed by atoms with Crippen molar-refractivity contribution in [2.45, 2.75) is 45.6 Å². The average molecular weight is 577 g/mol. The van der Waals surface area contributed by atoms with Crippen LogP contribution in [0, 0.1) is 18.6 Å². The van der Waals surface area contributed by atoms with Crippen LogP contribution in [0.4, 0.5) is 13.6 Å². The number of aliphatic hydroxyl groups excluding tert-OH is 1. The Hall–Kier alpha value is -3.31. The number of likely N-dealkylation sites (tertiary alicyclic amines) is 1. The molecule has 3 aromatic rings. The minimum Gasteiger partial charge on any atom is -0.472 e. The molecule has 11 heteroatoms. The van der Waals surface area contributed by atoms with Gasteiger partial charge in [0.1, 0.15) is 28.5 Å². The van der Waals surface area contributed by atoms with E-state index < -0.39 is 11.6 Å². The number of aryl methyl sites for hydroxylation is 1. The number of benzene rings is 2. The van der Waals surface area contributed by atoms with Crippen LogP contribution in [0.5, 0.6) is 5.88 Å². The van der Waals surface area contributed by atoms with E-state index in [1.54, 1.807) is 11.8 Å². The Labute approximate surface area is 221 Å². The second-order valence-electron chi connectivity index (χ2n) is 8.89. The van der Waals surface area contributed by atoms with E-state index in [0.717, 1.165) is 23.3 Å². The van der Waals surface area contributed by atoms with E-state index in [2.05, 4.69) is 26.2 Å². The number of urea groups is 1. The predicted octanol–water partition coefficient (Wildman–Crippen LogP) is 3.89. The fourth-order valence-electron chi connectivity index (χ4n) is 3.98. The number of aliphatic hydroxyl groups is 1. The molecular weight excluding hydrogens is 550 g/mol. The SMILES string of the molecule is Cc1nc(OCc2ccc(F)cc2F)c(Br)c(=O)n1Cc1ccc(CNC(=O)N2CCC(O)CC2)cc1. The summed E-state index contributed by atoms with van der Waals surface area (Å²) in [5, 5.41) is 12.5. The zero-order chi connectivity index (χ0) is 26.5. The number of nitrogens with zero attached hydrogens (tertiary/aromatic N) is 3. The van der Waals surface area contributed by atoms with Gasteiger partial charge in [-0.1, -0.05) is 24.3 Å². The third-order valence-corrected chi connectivity index (χ3v) is 6.89. The van der Waals surface area contributed by atoms with Gasteiger partial charge in [0.25, 0.3) is 5.56 Å². The molecule has 1 aromatic heterocycles. The van der Waals surface area contributed by atoms with E-state index >= 15 is 0 Å². The van der Waals surface area contributed by atoms with Gasteiger partial charge in [0.05, 0.1) is 12.6 Å². The Balaban J connectivity index is 1.37. The highest BCUT2D eigenvalue weighted by Gasteiger charge is 2.21. The Morgan fingerprint density at radius 2 is 1.84 bits per heavy atom. The van der Waals surface area contributed by atoms with Gasteiger partial charge in [-0.2, -0.15) is 4.98 Å². The fourth-order valence-corrected chi connectivity index (χ4v) is 4.40. The van der Waals surface area contributed by atoms with Crippen LogP contribution in [0.15, 0.2) is 51.7 Å². The number of hydrogen-bond donors (Lipinski definition) is 2. The number of hydrogen-bond acceptors (Lipinski definition) is 5. The largest absolute Gasteiger partial charge is 0.472 e. The summed E-state index contributed by atoms with van der Waals surface area (Å²) in [6.45, 7) is 3.17. The zero-order valence-corrected chi connectivity index (χ0v) is 21.8. The van der Waals surface area contributed by atoms with Crippen LogP contribution in [-0.4, -0.2) is 44.8 Å². The molecule has 0 spiro atoms. The summed E-state index contributed by atoms with van der Waals surface area (Å²) in [5.74, 6) is -0.992. The number of nitrogens with one attached hydrogen (secondary N) is 1. The molecule has 0 unspecified atom stereocenters. The van der Waals surface area contributed by atoms with Crippen molar-refractivity contribution in [3.05, 3.63) is 91.4 Å². The van der Waals surface area contributed by atoms with Crippen LogP contribution in [0.3, 0.4) is 0 Å². The lowest BCUT2D eigenvalue weighted by Crippen LogP contribution is -2.45. The molecule has 0 bridgehead atoms. The first-order valence-corrected chi connectivity index (χ1v) is 12.6. The van der Waals surface area contributed by atoms with Gasteiger partial charge in [0.2, 0.25) is 5.88 Å². The monoisotopic (exact) mass is 576 g/mol. The lowest BCUT2D eigenvalue weighted by Gasteiger charge is -2.29. The van der Waals surface area contributed by atoms with Crippen LogP contribution in [0.25, 0.3) is 0 Å². The molecule has 37 heavy (non-hydrogen) atoms. The molecular formula is C26H27BrF2N4O4. The quantitative estimate of drug-likeness (QED) is 0.445. The highest BCUT2D eigenvalue weighted by atomic mass is 79.9. The maximum Gasteiger partial charge on any atom is 0.317 e. The second-order valence-corrected chi connectivity index (χ2v) is 9.68. The van der Waals surface area contributed by atoms with Crippen molar-refractivity contribution in [1.82, 2.24) is 19.8 Å². The van der Waals surface area contributed by atoms with Crippen molar-refractivity contribution in [3.8, 4) is 5.88 Å². The summed E-state index contributed by atoms with van der Waals surface area (Å²) in [6.07, 6.45) is 0.843. The molecule has 196 valence electrons. The summed E-state index contributed by atoms with van der Waals surface area (Å²) in [7, 11) is 0. The number of ether oxygens (including phenoxy) is 1. The van der Waals surface area contributed by atoms with Gasteiger partial charge in [-0.05, 0) is 59.0 Å². The van der Waals surface area contributed by atoms with Gasteiger partial charge in [0, 0.05) is 31.3 Å². The summed E-state index contributed by atoms with van der Waals surface area (Å²) < 4.78 is 34.1. The van der Waals surface area contributed by atoms with Crippen molar-refractivity contribution in [1.29, 1.82) is 0 Å². The smallest absolute Gasteiger partial charge is 0.317 e. The van der Waals surface area contributed by atoms with Crippen LogP contribution < -0.4 is 15.6 Å². The minimum absolute atomic E-state index is 0.0248. The lowest BCUT2D eigenvalue weighted by atomic mass is 10.1. The van der Waals surface area contributed by atoms with E-state index in [-0.39, 0.29) is 46.8 Å². The van der Waals surface area contributed by atoms with Gasteiger partial charge in [-0.25, -0.2) is 13.6 Å². The van der Waals surface area contributed by atoms with Crippen LogP contribution in [-0.2, 0) is 19.7 Å². The van der Waals surface area contributed by atoms with Gasteiger partial charge in [-0.15, -0.1) is 0 Å². The third kappa shape index (κ3) is 6.72. The molecule has 0 saturated carbocycles.